The molecule has 0 unspecified atom stereocenters. The van der Waals surface area contributed by atoms with E-state index >= 15 is 0 Å². The molecule has 174 valence electrons. The zero-order chi connectivity index (χ0) is 23.1. The summed E-state index contributed by atoms with van der Waals surface area (Å²) in [4.78, 5) is 14.7. The van der Waals surface area contributed by atoms with Crippen molar-refractivity contribution in [3.05, 3.63) is 47.5 Å². The van der Waals surface area contributed by atoms with E-state index in [1.165, 1.54) is 13.2 Å². The van der Waals surface area contributed by atoms with Crippen molar-refractivity contribution in [2.75, 3.05) is 50.2 Å². The molecule has 1 aliphatic rings. The number of benzene rings is 2. The highest BCUT2D eigenvalue weighted by atomic mass is 19.4. The van der Waals surface area contributed by atoms with E-state index in [2.05, 4.69) is 10.2 Å². The number of carbonyl (C=O) groups is 1. The Bertz CT molecular complexity index is 928. The molecule has 0 aromatic heterocycles. The third kappa shape index (κ3) is 6.78. The first-order valence-corrected chi connectivity index (χ1v) is 10.3. The molecule has 1 heterocycles. The second-order valence-electron chi connectivity index (χ2n) is 7.54. The smallest absolute Gasteiger partial charge is 0.422 e. The number of rotatable bonds is 8. The van der Waals surface area contributed by atoms with Crippen molar-refractivity contribution in [1.29, 1.82) is 0 Å². The number of anilines is 2. The molecule has 1 aliphatic heterocycles. The number of amides is 1. The molecule has 1 fully saturated rings. The van der Waals surface area contributed by atoms with Crippen LogP contribution in [0.3, 0.4) is 0 Å². The number of aryl methyl sites for hydroxylation is 2. The Morgan fingerprint density at radius 1 is 1.12 bits per heavy atom. The molecule has 1 N–H and O–H groups in total. The molecule has 1 amide bonds. The van der Waals surface area contributed by atoms with Gasteiger partial charge in [0, 0.05) is 30.9 Å². The van der Waals surface area contributed by atoms with E-state index in [1.807, 2.05) is 25.1 Å². The number of morpholine rings is 1. The summed E-state index contributed by atoms with van der Waals surface area (Å²) in [6.45, 7) is 3.65. The highest BCUT2D eigenvalue weighted by molar-refractivity contribution is 5.91. The van der Waals surface area contributed by atoms with Gasteiger partial charge in [-0.2, -0.15) is 13.2 Å². The van der Waals surface area contributed by atoms with Crippen LogP contribution >= 0.6 is 0 Å². The van der Waals surface area contributed by atoms with Crippen LogP contribution in [0.4, 0.5) is 24.5 Å². The lowest BCUT2D eigenvalue weighted by Crippen LogP contribution is -2.36. The van der Waals surface area contributed by atoms with Gasteiger partial charge in [-0.3, -0.25) is 4.79 Å². The monoisotopic (exact) mass is 452 g/mol. The van der Waals surface area contributed by atoms with Crippen LogP contribution in [0.15, 0.2) is 36.4 Å². The predicted octanol–water partition coefficient (Wildman–Crippen LogP) is 4.35. The van der Waals surface area contributed by atoms with Crippen LogP contribution in [0, 0.1) is 6.92 Å². The first-order valence-electron chi connectivity index (χ1n) is 10.3. The third-order valence-electron chi connectivity index (χ3n) is 5.12. The van der Waals surface area contributed by atoms with E-state index in [-0.39, 0.29) is 23.8 Å². The molecule has 0 radical (unpaired) electrons. The van der Waals surface area contributed by atoms with Crippen LogP contribution in [0.5, 0.6) is 11.5 Å². The van der Waals surface area contributed by atoms with Crippen molar-refractivity contribution in [3.63, 3.8) is 0 Å². The molecule has 6 nitrogen and oxygen atoms in total. The quantitative estimate of drug-likeness (QED) is 0.645. The average molecular weight is 452 g/mol. The van der Waals surface area contributed by atoms with E-state index in [1.54, 1.807) is 12.1 Å². The normalized spacial score (nSPS) is 14.2. The largest absolute Gasteiger partial charge is 0.493 e. The van der Waals surface area contributed by atoms with Gasteiger partial charge >= 0.3 is 6.18 Å². The van der Waals surface area contributed by atoms with Gasteiger partial charge in [0.1, 0.15) is 0 Å². The molecule has 0 aliphatic carbocycles. The van der Waals surface area contributed by atoms with E-state index in [4.69, 9.17) is 14.2 Å². The molecule has 3 rings (SSSR count). The van der Waals surface area contributed by atoms with E-state index in [0.29, 0.717) is 19.6 Å². The second-order valence-corrected chi connectivity index (χ2v) is 7.54. The summed E-state index contributed by atoms with van der Waals surface area (Å²) in [6.07, 6.45) is -3.80. The topological polar surface area (TPSA) is 60.0 Å². The predicted molar refractivity (Wildman–Crippen MR) is 116 cm³/mol. The van der Waals surface area contributed by atoms with E-state index in [9.17, 15) is 18.0 Å². The molecular formula is C23H27F3N2O4. The highest BCUT2D eigenvalue weighted by Crippen LogP contribution is 2.30. The van der Waals surface area contributed by atoms with Crippen LogP contribution in [0.25, 0.3) is 0 Å². The van der Waals surface area contributed by atoms with Gasteiger partial charge in [0.05, 0.1) is 20.3 Å². The van der Waals surface area contributed by atoms with Crippen molar-refractivity contribution >= 4 is 17.3 Å². The first-order chi connectivity index (χ1) is 15.2. The number of nitrogens with zero attached hydrogens (tertiary/aromatic N) is 1. The number of methoxy groups -OCH3 is 1. The molecule has 0 bridgehead atoms. The average Bonchev–Trinajstić information content (AvgIpc) is 2.78. The lowest BCUT2D eigenvalue weighted by molar-refractivity contribution is -0.153. The number of alkyl halides is 3. The summed E-state index contributed by atoms with van der Waals surface area (Å²) < 4.78 is 52.4. The Hall–Kier alpha value is -2.94. The fourth-order valence-electron chi connectivity index (χ4n) is 3.42. The van der Waals surface area contributed by atoms with Gasteiger partial charge in [0.15, 0.2) is 18.1 Å². The molecule has 0 spiro atoms. The molecule has 2 aromatic carbocycles. The number of ether oxygens (including phenoxy) is 3. The molecule has 32 heavy (non-hydrogen) atoms. The van der Waals surface area contributed by atoms with Crippen molar-refractivity contribution in [3.8, 4) is 11.5 Å². The van der Waals surface area contributed by atoms with Gasteiger partial charge in [-0.05, 0) is 54.8 Å². The maximum atomic E-state index is 12.4. The van der Waals surface area contributed by atoms with Gasteiger partial charge in [0.2, 0.25) is 5.91 Å². The molecule has 9 heteroatoms. The van der Waals surface area contributed by atoms with Crippen LogP contribution in [0.1, 0.15) is 17.5 Å². The summed E-state index contributed by atoms with van der Waals surface area (Å²) >= 11 is 0. The fraction of sp³-hybridized carbons (Fsp3) is 0.435. The van der Waals surface area contributed by atoms with Gasteiger partial charge in [0.25, 0.3) is 0 Å². The summed E-state index contributed by atoms with van der Waals surface area (Å²) in [5.41, 5.74) is 3.58. The number of halogens is 3. The lowest BCUT2D eigenvalue weighted by atomic mass is 10.1. The van der Waals surface area contributed by atoms with Crippen LogP contribution in [-0.4, -0.2) is 52.1 Å². The Labute approximate surface area is 185 Å². The number of carbonyl (C=O) groups excluding carboxylic acids is 1. The zero-order valence-corrected chi connectivity index (χ0v) is 18.1. The Morgan fingerprint density at radius 3 is 2.53 bits per heavy atom. The first kappa shape index (κ1) is 23.7. The van der Waals surface area contributed by atoms with Crippen LogP contribution in [0.2, 0.25) is 0 Å². The SMILES string of the molecule is COc1cc(CCC(=O)Nc2ccc(N3CCOCC3)cc2C)ccc1OCC(F)(F)F. The van der Waals surface area contributed by atoms with E-state index < -0.39 is 12.8 Å². The molecule has 0 saturated carbocycles. The standard InChI is InChI=1S/C23H27F3N2O4/c1-16-13-18(28-9-11-31-12-10-28)5-6-19(16)27-22(29)8-4-17-3-7-20(21(14-17)30-2)32-15-23(24,25)26/h3,5-7,13-14H,4,8-12,15H2,1-2H3,(H,27,29). The van der Waals surface area contributed by atoms with Gasteiger partial charge in [-0.1, -0.05) is 6.07 Å². The number of nitrogens with one attached hydrogen (secondary N) is 1. The molecule has 2 aromatic rings. The number of hydrogen-bond acceptors (Lipinski definition) is 5. The fourth-order valence-corrected chi connectivity index (χ4v) is 3.42. The minimum Gasteiger partial charge on any atom is -0.493 e. The minimum absolute atomic E-state index is 0.00834. The van der Waals surface area contributed by atoms with Crippen LogP contribution < -0.4 is 19.7 Å². The van der Waals surface area contributed by atoms with Crippen molar-refractivity contribution in [2.45, 2.75) is 25.9 Å². The Kier molecular flexibility index (Phi) is 7.84. The molecular weight excluding hydrogens is 425 g/mol. The Morgan fingerprint density at radius 2 is 1.88 bits per heavy atom. The summed E-state index contributed by atoms with van der Waals surface area (Å²) in [5, 5.41) is 2.92. The summed E-state index contributed by atoms with van der Waals surface area (Å²) in [6, 6.07) is 10.6. The van der Waals surface area contributed by atoms with Crippen LogP contribution in [-0.2, 0) is 16.0 Å². The van der Waals surface area contributed by atoms with Crippen molar-refractivity contribution in [1.82, 2.24) is 0 Å². The Balaban J connectivity index is 1.55. The second kappa shape index (κ2) is 10.6. The minimum atomic E-state index is -4.43. The third-order valence-corrected chi connectivity index (χ3v) is 5.12. The maximum Gasteiger partial charge on any atom is 0.422 e. The van der Waals surface area contributed by atoms with Crippen molar-refractivity contribution in [2.24, 2.45) is 0 Å². The highest BCUT2D eigenvalue weighted by Gasteiger charge is 2.29. The summed E-state index contributed by atoms with van der Waals surface area (Å²) in [7, 11) is 1.36. The molecule has 0 atom stereocenters. The maximum absolute atomic E-state index is 12.4. The van der Waals surface area contributed by atoms with Gasteiger partial charge < -0.3 is 24.4 Å². The van der Waals surface area contributed by atoms with Gasteiger partial charge in [-0.15, -0.1) is 0 Å². The number of hydrogen-bond donors (Lipinski definition) is 1. The lowest BCUT2D eigenvalue weighted by Gasteiger charge is -2.29. The van der Waals surface area contributed by atoms with Gasteiger partial charge in [-0.25, -0.2) is 0 Å². The zero-order valence-electron chi connectivity index (χ0n) is 18.1. The molecule has 1 saturated heterocycles. The van der Waals surface area contributed by atoms with Crippen molar-refractivity contribution < 1.29 is 32.2 Å². The summed E-state index contributed by atoms with van der Waals surface area (Å²) in [5.74, 6) is 0.0549. The van der Waals surface area contributed by atoms with E-state index in [0.717, 1.165) is 35.6 Å².